The highest BCUT2D eigenvalue weighted by Gasteiger charge is 2.38. The third-order valence-corrected chi connectivity index (χ3v) is 5.39. The third kappa shape index (κ3) is 4.04. The molecule has 0 aliphatic carbocycles. The second-order valence-corrected chi connectivity index (χ2v) is 7.08. The van der Waals surface area contributed by atoms with Gasteiger partial charge in [0, 0.05) is 31.9 Å². The van der Waals surface area contributed by atoms with Crippen LogP contribution in [-0.2, 0) is 16.1 Å². The monoisotopic (exact) mass is 400 g/mol. The summed E-state index contributed by atoms with van der Waals surface area (Å²) in [5.74, 6) is 0.866. The van der Waals surface area contributed by atoms with E-state index in [2.05, 4.69) is 15.3 Å². The number of aromatic amines is 1. The Bertz CT molecular complexity index is 900. The summed E-state index contributed by atoms with van der Waals surface area (Å²) in [4.78, 5) is 20.6. The van der Waals surface area contributed by atoms with Crippen molar-refractivity contribution in [1.82, 2.24) is 15.3 Å². The van der Waals surface area contributed by atoms with Gasteiger partial charge in [0.05, 0.1) is 16.4 Å². The van der Waals surface area contributed by atoms with Crippen molar-refractivity contribution in [3.8, 4) is 11.4 Å². The molecule has 6 nitrogen and oxygen atoms in total. The van der Waals surface area contributed by atoms with Crippen LogP contribution in [0.25, 0.3) is 22.4 Å². The SMILES string of the molecule is Cl.NCC1(C(=O)NCc2ccc(-c3nc4ccccc4[nH]3)cc2)CCOCC1. The van der Waals surface area contributed by atoms with Gasteiger partial charge in [-0.15, -0.1) is 12.4 Å². The molecule has 2 aromatic carbocycles. The fraction of sp³-hybridized carbons (Fsp3) is 0.333. The Morgan fingerprint density at radius 2 is 1.86 bits per heavy atom. The lowest BCUT2D eigenvalue weighted by atomic mass is 9.79. The maximum Gasteiger partial charge on any atom is 0.227 e. The summed E-state index contributed by atoms with van der Waals surface area (Å²) < 4.78 is 5.37. The van der Waals surface area contributed by atoms with Crippen LogP contribution >= 0.6 is 12.4 Å². The van der Waals surface area contributed by atoms with E-state index in [1.807, 2.05) is 48.5 Å². The molecule has 4 rings (SSSR count). The van der Waals surface area contributed by atoms with E-state index in [-0.39, 0.29) is 18.3 Å². The number of imidazole rings is 1. The summed E-state index contributed by atoms with van der Waals surface area (Å²) in [5.41, 5.74) is 9.44. The van der Waals surface area contributed by atoms with Crippen LogP contribution in [0.3, 0.4) is 0 Å². The Balaban J connectivity index is 0.00000225. The molecule has 0 bridgehead atoms. The van der Waals surface area contributed by atoms with Crippen LogP contribution in [0.1, 0.15) is 18.4 Å². The van der Waals surface area contributed by atoms with Crippen LogP contribution in [0, 0.1) is 5.41 Å². The first kappa shape index (κ1) is 20.3. The largest absolute Gasteiger partial charge is 0.381 e. The number of carbonyl (C=O) groups excluding carboxylic acids is 1. The number of halogens is 1. The number of carbonyl (C=O) groups is 1. The Hall–Kier alpha value is -2.41. The van der Waals surface area contributed by atoms with E-state index >= 15 is 0 Å². The number of nitrogens with two attached hydrogens (primary N) is 1. The van der Waals surface area contributed by atoms with Gasteiger partial charge in [0.1, 0.15) is 5.82 Å². The zero-order valence-corrected chi connectivity index (χ0v) is 16.4. The Labute approximate surface area is 170 Å². The van der Waals surface area contributed by atoms with Crippen molar-refractivity contribution in [3.05, 3.63) is 54.1 Å². The second-order valence-electron chi connectivity index (χ2n) is 7.08. The highest BCUT2D eigenvalue weighted by atomic mass is 35.5. The molecule has 1 aliphatic heterocycles. The molecule has 1 fully saturated rings. The molecule has 0 unspecified atom stereocenters. The highest BCUT2D eigenvalue weighted by Crippen LogP contribution is 2.29. The van der Waals surface area contributed by atoms with E-state index in [4.69, 9.17) is 10.5 Å². The fourth-order valence-electron chi connectivity index (χ4n) is 3.53. The first-order valence-electron chi connectivity index (χ1n) is 9.30. The molecular formula is C21H25ClN4O2. The minimum atomic E-state index is -0.494. The van der Waals surface area contributed by atoms with Crippen LogP contribution in [0.4, 0.5) is 0 Å². The zero-order valence-electron chi connectivity index (χ0n) is 15.6. The number of hydrogen-bond acceptors (Lipinski definition) is 4. The number of ether oxygens (including phenoxy) is 1. The van der Waals surface area contributed by atoms with Crippen LogP contribution in [0.5, 0.6) is 0 Å². The zero-order chi connectivity index (χ0) is 18.7. The number of benzene rings is 2. The molecule has 1 aliphatic rings. The molecule has 1 aromatic heterocycles. The van der Waals surface area contributed by atoms with Gasteiger partial charge in [-0.1, -0.05) is 36.4 Å². The van der Waals surface area contributed by atoms with E-state index in [0.29, 0.717) is 39.1 Å². The standard InChI is InChI=1S/C21H24N4O2.ClH/c22-14-21(9-11-27-12-10-21)20(26)23-13-15-5-7-16(8-6-15)19-24-17-3-1-2-4-18(17)25-19;/h1-8H,9-14,22H2,(H,23,26)(H,24,25);1H. The summed E-state index contributed by atoms with van der Waals surface area (Å²) >= 11 is 0. The summed E-state index contributed by atoms with van der Waals surface area (Å²) in [5, 5.41) is 3.04. The van der Waals surface area contributed by atoms with Gasteiger partial charge >= 0.3 is 0 Å². The number of nitrogens with one attached hydrogen (secondary N) is 2. The van der Waals surface area contributed by atoms with Crippen molar-refractivity contribution in [2.75, 3.05) is 19.8 Å². The van der Waals surface area contributed by atoms with Crippen molar-refractivity contribution < 1.29 is 9.53 Å². The number of para-hydroxylation sites is 2. The first-order valence-corrected chi connectivity index (χ1v) is 9.30. The molecule has 3 aromatic rings. The third-order valence-electron chi connectivity index (χ3n) is 5.39. The second kappa shape index (κ2) is 8.73. The molecule has 1 saturated heterocycles. The van der Waals surface area contributed by atoms with E-state index < -0.39 is 5.41 Å². The molecule has 148 valence electrons. The molecule has 7 heteroatoms. The number of amides is 1. The number of fused-ring (bicyclic) bond motifs is 1. The Morgan fingerprint density at radius 3 is 2.54 bits per heavy atom. The number of H-pyrrole nitrogens is 1. The Kier molecular flexibility index (Phi) is 6.34. The van der Waals surface area contributed by atoms with Gasteiger partial charge < -0.3 is 20.8 Å². The normalized spacial score (nSPS) is 15.8. The Morgan fingerprint density at radius 1 is 1.14 bits per heavy atom. The van der Waals surface area contributed by atoms with Crippen molar-refractivity contribution in [2.24, 2.45) is 11.1 Å². The molecule has 1 amide bonds. The van der Waals surface area contributed by atoms with E-state index in [1.165, 1.54) is 0 Å². The predicted octanol–water partition coefficient (Wildman–Crippen LogP) is 3.02. The van der Waals surface area contributed by atoms with Crippen molar-refractivity contribution in [1.29, 1.82) is 0 Å². The number of rotatable bonds is 5. The summed E-state index contributed by atoms with van der Waals surface area (Å²) in [6, 6.07) is 16.0. The molecule has 0 spiro atoms. The van der Waals surface area contributed by atoms with Gasteiger partial charge in [-0.2, -0.15) is 0 Å². The topological polar surface area (TPSA) is 93.0 Å². The van der Waals surface area contributed by atoms with Crippen LogP contribution in [0.15, 0.2) is 48.5 Å². The van der Waals surface area contributed by atoms with Crippen molar-refractivity contribution in [2.45, 2.75) is 19.4 Å². The number of hydrogen-bond donors (Lipinski definition) is 3. The molecule has 4 N–H and O–H groups in total. The molecule has 0 atom stereocenters. The van der Waals surface area contributed by atoms with Gasteiger partial charge in [0.25, 0.3) is 0 Å². The number of aromatic nitrogens is 2. The maximum absolute atomic E-state index is 12.7. The molecular weight excluding hydrogens is 376 g/mol. The number of nitrogens with zero attached hydrogens (tertiary/aromatic N) is 1. The minimum Gasteiger partial charge on any atom is -0.381 e. The molecule has 0 saturated carbocycles. The van der Waals surface area contributed by atoms with Crippen LogP contribution < -0.4 is 11.1 Å². The lowest BCUT2D eigenvalue weighted by Crippen LogP contribution is -2.48. The molecule has 0 radical (unpaired) electrons. The summed E-state index contributed by atoms with van der Waals surface area (Å²) in [6.07, 6.45) is 1.36. The summed E-state index contributed by atoms with van der Waals surface area (Å²) in [7, 11) is 0. The van der Waals surface area contributed by atoms with Gasteiger partial charge in [-0.25, -0.2) is 4.98 Å². The fourth-order valence-corrected chi connectivity index (χ4v) is 3.53. The lowest BCUT2D eigenvalue weighted by Gasteiger charge is -2.34. The van der Waals surface area contributed by atoms with Crippen molar-refractivity contribution in [3.63, 3.8) is 0 Å². The van der Waals surface area contributed by atoms with E-state index in [0.717, 1.165) is 28.0 Å². The first-order chi connectivity index (χ1) is 13.2. The van der Waals surface area contributed by atoms with Gasteiger partial charge in [-0.05, 0) is 30.5 Å². The predicted molar refractivity (Wildman–Crippen MR) is 112 cm³/mol. The lowest BCUT2D eigenvalue weighted by molar-refractivity contribution is -0.136. The minimum absolute atomic E-state index is 0. The average Bonchev–Trinajstić information content (AvgIpc) is 3.17. The van der Waals surface area contributed by atoms with Crippen LogP contribution in [0.2, 0.25) is 0 Å². The molecule has 28 heavy (non-hydrogen) atoms. The van der Waals surface area contributed by atoms with E-state index in [9.17, 15) is 4.79 Å². The smallest absolute Gasteiger partial charge is 0.227 e. The quantitative estimate of drug-likeness (QED) is 0.613. The summed E-state index contributed by atoms with van der Waals surface area (Å²) in [6.45, 7) is 2.03. The van der Waals surface area contributed by atoms with Gasteiger partial charge in [0.2, 0.25) is 5.91 Å². The van der Waals surface area contributed by atoms with Gasteiger partial charge in [-0.3, -0.25) is 4.79 Å². The van der Waals surface area contributed by atoms with Gasteiger partial charge in [0.15, 0.2) is 0 Å². The molecule has 2 heterocycles. The van der Waals surface area contributed by atoms with E-state index in [1.54, 1.807) is 0 Å². The average molecular weight is 401 g/mol. The highest BCUT2D eigenvalue weighted by molar-refractivity contribution is 5.85. The maximum atomic E-state index is 12.7. The van der Waals surface area contributed by atoms with Crippen molar-refractivity contribution >= 4 is 29.3 Å². The van der Waals surface area contributed by atoms with Crippen LogP contribution in [-0.4, -0.2) is 35.6 Å².